The molecule has 0 saturated heterocycles. The molecule has 2 N–H and O–H groups in total. The van der Waals surface area contributed by atoms with Crippen molar-refractivity contribution in [2.24, 2.45) is 11.7 Å². The zero-order valence-corrected chi connectivity index (χ0v) is 10.2. The third kappa shape index (κ3) is 3.09. The largest absolute Gasteiger partial charge is 0.465 e. The van der Waals surface area contributed by atoms with Crippen LogP contribution in [0.25, 0.3) is 0 Å². The Bertz CT molecular complexity index is 431. The molecular formula is C14H17NO3. The summed E-state index contributed by atoms with van der Waals surface area (Å²) in [7, 11) is 0. The van der Waals surface area contributed by atoms with Crippen LogP contribution in [0.15, 0.2) is 24.3 Å². The van der Waals surface area contributed by atoms with Gasteiger partial charge in [-0.25, -0.2) is 0 Å². The fourth-order valence-corrected chi connectivity index (χ4v) is 2.26. The number of fused-ring (bicyclic) bond motifs is 1. The van der Waals surface area contributed by atoms with Crippen LogP contribution in [0.2, 0.25) is 0 Å². The number of carbonyl (C=O) groups is 2. The zero-order valence-electron chi connectivity index (χ0n) is 10.2. The highest BCUT2D eigenvalue weighted by Gasteiger charge is 2.28. The SMILES string of the molecule is NC(=O)CCCOC(=O)C1Cc2ccccc2C1. The smallest absolute Gasteiger partial charge is 0.309 e. The van der Waals surface area contributed by atoms with Gasteiger partial charge < -0.3 is 10.5 Å². The topological polar surface area (TPSA) is 69.4 Å². The van der Waals surface area contributed by atoms with Crippen molar-refractivity contribution < 1.29 is 14.3 Å². The Kier molecular flexibility index (Phi) is 3.97. The molecule has 1 aromatic carbocycles. The van der Waals surface area contributed by atoms with E-state index in [4.69, 9.17) is 10.5 Å². The zero-order chi connectivity index (χ0) is 13.0. The summed E-state index contributed by atoms with van der Waals surface area (Å²) in [5.74, 6) is -0.606. The molecule has 0 aromatic heterocycles. The standard InChI is InChI=1S/C14H17NO3/c15-13(16)6-3-7-18-14(17)12-8-10-4-1-2-5-11(10)9-12/h1-2,4-5,12H,3,6-9H2,(H2,15,16). The lowest BCUT2D eigenvalue weighted by Gasteiger charge is -2.09. The molecular weight excluding hydrogens is 230 g/mol. The van der Waals surface area contributed by atoms with Gasteiger partial charge in [-0.05, 0) is 30.4 Å². The number of rotatable bonds is 5. The van der Waals surface area contributed by atoms with Crippen LogP contribution in [0.5, 0.6) is 0 Å². The lowest BCUT2D eigenvalue weighted by molar-refractivity contribution is -0.148. The number of ether oxygens (including phenoxy) is 1. The first-order valence-electron chi connectivity index (χ1n) is 6.18. The maximum atomic E-state index is 11.8. The van der Waals surface area contributed by atoms with Crippen LogP contribution in [-0.4, -0.2) is 18.5 Å². The van der Waals surface area contributed by atoms with E-state index < -0.39 is 0 Å². The third-order valence-corrected chi connectivity index (χ3v) is 3.20. The minimum Gasteiger partial charge on any atom is -0.465 e. The summed E-state index contributed by atoms with van der Waals surface area (Å²) in [6, 6.07) is 8.07. The molecule has 2 rings (SSSR count). The summed E-state index contributed by atoms with van der Waals surface area (Å²) < 4.78 is 5.16. The van der Waals surface area contributed by atoms with Gasteiger partial charge in [0.2, 0.25) is 5.91 Å². The summed E-state index contributed by atoms with van der Waals surface area (Å²) in [5, 5.41) is 0. The molecule has 18 heavy (non-hydrogen) atoms. The first kappa shape index (κ1) is 12.6. The van der Waals surface area contributed by atoms with Crippen LogP contribution in [0.1, 0.15) is 24.0 Å². The van der Waals surface area contributed by atoms with Gasteiger partial charge in [-0.15, -0.1) is 0 Å². The maximum Gasteiger partial charge on any atom is 0.309 e. The van der Waals surface area contributed by atoms with Gasteiger partial charge in [0.05, 0.1) is 12.5 Å². The second-order valence-electron chi connectivity index (χ2n) is 4.61. The maximum absolute atomic E-state index is 11.8. The van der Waals surface area contributed by atoms with E-state index in [1.807, 2.05) is 12.1 Å². The van der Waals surface area contributed by atoms with Crippen molar-refractivity contribution in [2.45, 2.75) is 25.7 Å². The van der Waals surface area contributed by atoms with E-state index in [1.165, 1.54) is 11.1 Å². The van der Waals surface area contributed by atoms with Gasteiger partial charge in [0.15, 0.2) is 0 Å². The second-order valence-corrected chi connectivity index (χ2v) is 4.61. The summed E-state index contributed by atoms with van der Waals surface area (Å²) in [5.41, 5.74) is 7.48. The number of carbonyl (C=O) groups excluding carboxylic acids is 2. The summed E-state index contributed by atoms with van der Waals surface area (Å²) in [4.78, 5) is 22.4. The van der Waals surface area contributed by atoms with Gasteiger partial charge in [0.1, 0.15) is 0 Å². The Hall–Kier alpha value is -1.84. The highest BCUT2D eigenvalue weighted by atomic mass is 16.5. The quantitative estimate of drug-likeness (QED) is 0.628. The molecule has 0 radical (unpaired) electrons. The lowest BCUT2D eigenvalue weighted by atomic mass is 10.1. The molecule has 96 valence electrons. The van der Waals surface area contributed by atoms with Crippen LogP contribution in [0.3, 0.4) is 0 Å². The van der Waals surface area contributed by atoms with Crippen molar-refractivity contribution in [1.82, 2.24) is 0 Å². The monoisotopic (exact) mass is 247 g/mol. The van der Waals surface area contributed by atoms with Gasteiger partial charge >= 0.3 is 5.97 Å². The van der Waals surface area contributed by atoms with Crippen molar-refractivity contribution in [1.29, 1.82) is 0 Å². The number of nitrogens with two attached hydrogens (primary N) is 1. The average molecular weight is 247 g/mol. The van der Waals surface area contributed by atoms with Crippen LogP contribution in [0, 0.1) is 5.92 Å². The van der Waals surface area contributed by atoms with Gasteiger partial charge in [-0.1, -0.05) is 24.3 Å². The van der Waals surface area contributed by atoms with E-state index in [-0.39, 0.29) is 30.8 Å². The lowest BCUT2D eigenvalue weighted by Crippen LogP contribution is -2.19. The molecule has 1 aromatic rings. The fraction of sp³-hybridized carbons (Fsp3) is 0.429. The highest BCUT2D eigenvalue weighted by molar-refractivity contribution is 5.75. The molecule has 0 atom stereocenters. The molecule has 0 heterocycles. The van der Waals surface area contributed by atoms with E-state index >= 15 is 0 Å². The van der Waals surface area contributed by atoms with Crippen molar-refractivity contribution in [3.63, 3.8) is 0 Å². The van der Waals surface area contributed by atoms with Crippen LogP contribution >= 0.6 is 0 Å². The molecule has 0 aliphatic heterocycles. The van der Waals surface area contributed by atoms with Crippen LogP contribution in [-0.2, 0) is 27.2 Å². The first-order chi connectivity index (χ1) is 8.66. The Morgan fingerprint density at radius 2 is 1.83 bits per heavy atom. The van der Waals surface area contributed by atoms with Gasteiger partial charge in [0.25, 0.3) is 0 Å². The van der Waals surface area contributed by atoms with E-state index in [0.717, 1.165) is 12.8 Å². The van der Waals surface area contributed by atoms with Crippen molar-refractivity contribution >= 4 is 11.9 Å². The molecule has 4 heteroatoms. The number of primary amides is 1. The van der Waals surface area contributed by atoms with E-state index in [2.05, 4.69) is 12.1 Å². The molecule has 0 spiro atoms. The Morgan fingerprint density at radius 1 is 1.22 bits per heavy atom. The number of hydrogen-bond acceptors (Lipinski definition) is 3. The van der Waals surface area contributed by atoms with Gasteiger partial charge in [0, 0.05) is 6.42 Å². The van der Waals surface area contributed by atoms with E-state index in [1.54, 1.807) is 0 Å². The minimum atomic E-state index is -0.362. The first-order valence-corrected chi connectivity index (χ1v) is 6.18. The summed E-state index contributed by atoms with van der Waals surface area (Å²) in [6.45, 7) is 0.272. The molecule has 1 aliphatic carbocycles. The Morgan fingerprint density at radius 3 is 2.39 bits per heavy atom. The molecule has 4 nitrogen and oxygen atoms in total. The summed E-state index contributed by atoms with van der Waals surface area (Å²) >= 11 is 0. The van der Waals surface area contributed by atoms with Gasteiger partial charge in [-0.3, -0.25) is 9.59 Å². The molecule has 0 unspecified atom stereocenters. The molecule has 1 amide bonds. The fourth-order valence-electron chi connectivity index (χ4n) is 2.26. The average Bonchev–Trinajstić information content (AvgIpc) is 2.78. The number of esters is 1. The van der Waals surface area contributed by atoms with Crippen molar-refractivity contribution in [2.75, 3.05) is 6.61 Å². The predicted octanol–water partition coefficient (Wildman–Crippen LogP) is 1.21. The highest BCUT2D eigenvalue weighted by Crippen LogP contribution is 2.27. The Balaban J connectivity index is 1.77. The second kappa shape index (κ2) is 5.67. The normalized spacial score (nSPS) is 14.2. The number of amides is 1. The Labute approximate surface area is 106 Å². The van der Waals surface area contributed by atoms with Crippen LogP contribution < -0.4 is 5.73 Å². The van der Waals surface area contributed by atoms with E-state index in [9.17, 15) is 9.59 Å². The number of benzene rings is 1. The molecule has 0 bridgehead atoms. The summed E-state index contributed by atoms with van der Waals surface area (Å²) in [6.07, 6.45) is 2.27. The van der Waals surface area contributed by atoms with E-state index in [0.29, 0.717) is 6.42 Å². The molecule has 0 fully saturated rings. The predicted molar refractivity (Wildman–Crippen MR) is 66.7 cm³/mol. The van der Waals surface area contributed by atoms with Crippen molar-refractivity contribution in [3.05, 3.63) is 35.4 Å². The third-order valence-electron chi connectivity index (χ3n) is 3.20. The molecule has 1 aliphatic rings. The van der Waals surface area contributed by atoms with Crippen LogP contribution in [0.4, 0.5) is 0 Å². The molecule has 0 saturated carbocycles. The van der Waals surface area contributed by atoms with Crippen molar-refractivity contribution in [3.8, 4) is 0 Å². The van der Waals surface area contributed by atoms with Gasteiger partial charge in [-0.2, -0.15) is 0 Å². The minimum absolute atomic E-state index is 0.0732. The number of hydrogen-bond donors (Lipinski definition) is 1.